The molecule has 0 heterocycles. The molecule has 1 fully saturated rings. The van der Waals surface area contributed by atoms with E-state index in [0.717, 1.165) is 16.1 Å². The smallest absolute Gasteiger partial charge is 0.256 e. The van der Waals surface area contributed by atoms with E-state index in [1.165, 1.54) is 54.4 Å². The molecule has 5 N–H and O–H groups in total. The zero-order valence-electron chi connectivity index (χ0n) is 17.0. The zero-order chi connectivity index (χ0) is 20.8. The van der Waals surface area contributed by atoms with Crippen LogP contribution in [0.5, 0.6) is 0 Å². The SMILES string of the molecule is Cc1ccc(S/C(=N/N)N(C)N)c(C(=O)Nc2ccc(C3CCCCC3)cc2)c1. The molecular formula is C22H29N5OS. The minimum atomic E-state index is -0.169. The van der Waals surface area contributed by atoms with Gasteiger partial charge in [-0.1, -0.05) is 43.0 Å². The Bertz CT molecular complexity index is 873. The summed E-state index contributed by atoms with van der Waals surface area (Å²) in [6.07, 6.45) is 6.48. The van der Waals surface area contributed by atoms with E-state index in [4.69, 9.17) is 11.7 Å². The molecule has 7 heteroatoms. The lowest BCUT2D eigenvalue weighted by atomic mass is 9.84. The average molecular weight is 412 g/mol. The van der Waals surface area contributed by atoms with E-state index < -0.39 is 0 Å². The summed E-state index contributed by atoms with van der Waals surface area (Å²) in [7, 11) is 1.65. The first-order chi connectivity index (χ1) is 14.0. The van der Waals surface area contributed by atoms with Crippen LogP contribution in [0.4, 0.5) is 5.69 Å². The molecule has 2 aromatic rings. The standard InChI is InChI=1S/C22H29N5OS/c1-15-8-13-20(29-22(26-23)27(2)24)19(14-15)21(28)25-18-11-9-17(10-12-18)16-6-4-3-5-7-16/h8-14,16H,3-7,23-24H2,1-2H3,(H,25,28)/b26-22+. The van der Waals surface area contributed by atoms with Crippen molar-refractivity contribution in [2.24, 2.45) is 16.8 Å². The number of carbonyl (C=O) groups excluding carboxylic acids is 1. The Hall–Kier alpha value is -2.51. The van der Waals surface area contributed by atoms with Crippen molar-refractivity contribution >= 4 is 28.5 Å². The monoisotopic (exact) mass is 411 g/mol. The number of nitrogens with one attached hydrogen (secondary N) is 1. The molecule has 1 aliphatic carbocycles. The van der Waals surface area contributed by atoms with Crippen LogP contribution in [-0.4, -0.2) is 23.1 Å². The minimum Gasteiger partial charge on any atom is -0.322 e. The zero-order valence-corrected chi connectivity index (χ0v) is 17.8. The molecule has 3 rings (SSSR count). The number of amidine groups is 1. The number of hydrogen-bond acceptors (Lipinski definition) is 5. The van der Waals surface area contributed by atoms with Crippen molar-refractivity contribution in [3.63, 3.8) is 0 Å². The summed E-state index contributed by atoms with van der Waals surface area (Å²) >= 11 is 1.26. The molecule has 0 aliphatic heterocycles. The lowest BCUT2D eigenvalue weighted by molar-refractivity contribution is 0.102. The first-order valence-electron chi connectivity index (χ1n) is 9.94. The Morgan fingerprint density at radius 1 is 1.14 bits per heavy atom. The summed E-state index contributed by atoms with van der Waals surface area (Å²) in [6, 6.07) is 14.0. The highest BCUT2D eigenvalue weighted by Crippen LogP contribution is 2.33. The Morgan fingerprint density at radius 3 is 2.45 bits per heavy atom. The van der Waals surface area contributed by atoms with Gasteiger partial charge in [-0.3, -0.25) is 9.80 Å². The van der Waals surface area contributed by atoms with Gasteiger partial charge in [0.05, 0.1) is 5.56 Å². The molecule has 0 radical (unpaired) electrons. The Labute approximate surface area is 176 Å². The van der Waals surface area contributed by atoms with E-state index in [1.54, 1.807) is 7.05 Å². The van der Waals surface area contributed by atoms with Crippen LogP contribution in [0.1, 0.15) is 59.5 Å². The van der Waals surface area contributed by atoms with Crippen LogP contribution in [0, 0.1) is 6.92 Å². The summed E-state index contributed by atoms with van der Waals surface area (Å²) in [5.41, 5.74) is 3.72. The summed E-state index contributed by atoms with van der Waals surface area (Å²) in [5, 5.41) is 8.45. The molecule has 0 spiro atoms. The normalized spacial score (nSPS) is 15.2. The summed E-state index contributed by atoms with van der Waals surface area (Å²) in [5.74, 6) is 11.7. The molecule has 1 aliphatic rings. The second kappa shape index (κ2) is 9.80. The minimum absolute atomic E-state index is 0.169. The average Bonchev–Trinajstić information content (AvgIpc) is 2.73. The van der Waals surface area contributed by atoms with Gasteiger partial charge in [0.25, 0.3) is 5.91 Å². The van der Waals surface area contributed by atoms with Gasteiger partial charge < -0.3 is 11.2 Å². The van der Waals surface area contributed by atoms with Crippen LogP contribution in [-0.2, 0) is 0 Å². The molecule has 0 unspecified atom stereocenters. The first kappa shape index (κ1) is 21.2. The van der Waals surface area contributed by atoms with Gasteiger partial charge in [-0.2, -0.15) is 5.10 Å². The number of nitrogens with two attached hydrogens (primary N) is 2. The van der Waals surface area contributed by atoms with E-state index >= 15 is 0 Å². The van der Waals surface area contributed by atoms with Crippen molar-refractivity contribution < 1.29 is 4.79 Å². The topological polar surface area (TPSA) is 96.7 Å². The van der Waals surface area contributed by atoms with Crippen LogP contribution in [0.2, 0.25) is 0 Å². The van der Waals surface area contributed by atoms with Crippen LogP contribution in [0.25, 0.3) is 0 Å². The Morgan fingerprint density at radius 2 is 1.83 bits per heavy atom. The number of aryl methyl sites for hydroxylation is 1. The fourth-order valence-electron chi connectivity index (χ4n) is 3.67. The fraction of sp³-hybridized carbons (Fsp3) is 0.364. The number of benzene rings is 2. The quantitative estimate of drug-likeness (QED) is 0.227. The third-order valence-corrected chi connectivity index (χ3v) is 6.39. The van der Waals surface area contributed by atoms with Gasteiger partial charge in [0.1, 0.15) is 0 Å². The molecule has 0 bridgehead atoms. The number of anilines is 1. The van der Waals surface area contributed by atoms with Gasteiger partial charge in [-0.05, 0) is 67.3 Å². The molecule has 6 nitrogen and oxygen atoms in total. The van der Waals surface area contributed by atoms with Crippen molar-refractivity contribution in [3.05, 3.63) is 59.2 Å². The van der Waals surface area contributed by atoms with Crippen molar-refractivity contribution in [2.45, 2.75) is 49.8 Å². The van der Waals surface area contributed by atoms with Gasteiger partial charge in [-0.25, -0.2) is 5.84 Å². The predicted molar refractivity (Wildman–Crippen MR) is 121 cm³/mol. The van der Waals surface area contributed by atoms with Gasteiger partial charge in [0.2, 0.25) is 5.17 Å². The maximum atomic E-state index is 13.0. The van der Waals surface area contributed by atoms with E-state index in [0.29, 0.717) is 16.6 Å². The van der Waals surface area contributed by atoms with E-state index in [2.05, 4.69) is 22.6 Å². The highest BCUT2D eigenvalue weighted by molar-refractivity contribution is 8.13. The van der Waals surface area contributed by atoms with Gasteiger partial charge in [0.15, 0.2) is 0 Å². The maximum Gasteiger partial charge on any atom is 0.256 e. The molecule has 154 valence electrons. The number of carbonyl (C=O) groups is 1. The van der Waals surface area contributed by atoms with Crippen LogP contribution in [0.15, 0.2) is 52.5 Å². The molecule has 1 amide bonds. The Balaban J connectivity index is 1.75. The number of nitrogens with zero attached hydrogens (tertiary/aromatic N) is 2. The number of hydrazone groups is 1. The second-order valence-corrected chi connectivity index (χ2v) is 8.54. The third kappa shape index (κ3) is 5.52. The predicted octanol–water partition coefficient (Wildman–Crippen LogP) is 4.42. The summed E-state index contributed by atoms with van der Waals surface area (Å²) < 4.78 is 0. The second-order valence-electron chi connectivity index (χ2n) is 7.54. The Kier molecular flexibility index (Phi) is 7.17. The number of hydrogen-bond donors (Lipinski definition) is 3. The highest BCUT2D eigenvalue weighted by atomic mass is 32.2. The molecule has 0 atom stereocenters. The maximum absolute atomic E-state index is 13.0. The molecular weight excluding hydrogens is 382 g/mol. The summed E-state index contributed by atoms with van der Waals surface area (Å²) in [6.45, 7) is 1.96. The van der Waals surface area contributed by atoms with Crippen LogP contribution >= 0.6 is 11.8 Å². The van der Waals surface area contributed by atoms with E-state index in [9.17, 15) is 4.79 Å². The van der Waals surface area contributed by atoms with E-state index in [1.807, 2.05) is 37.3 Å². The molecule has 0 aromatic heterocycles. The molecule has 0 saturated heterocycles. The number of thioether (sulfide) groups is 1. The molecule has 2 aromatic carbocycles. The number of hydrazine groups is 1. The largest absolute Gasteiger partial charge is 0.322 e. The van der Waals surface area contributed by atoms with Crippen molar-refractivity contribution in [2.75, 3.05) is 12.4 Å². The lowest BCUT2D eigenvalue weighted by Crippen LogP contribution is -2.32. The van der Waals surface area contributed by atoms with Crippen molar-refractivity contribution in [1.29, 1.82) is 0 Å². The first-order valence-corrected chi connectivity index (χ1v) is 10.8. The van der Waals surface area contributed by atoms with Crippen LogP contribution < -0.4 is 17.0 Å². The molecule has 29 heavy (non-hydrogen) atoms. The third-order valence-electron chi connectivity index (χ3n) is 5.24. The molecule has 1 saturated carbocycles. The fourth-order valence-corrected chi connectivity index (χ4v) is 4.46. The van der Waals surface area contributed by atoms with Crippen molar-refractivity contribution in [1.82, 2.24) is 5.01 Å². The lowest BCUT2D eigenvalue weighted by Gasteiger charge is -2.22. The summed E-state index contributed by atoms with van der Waals surface area (Å²) in [4.78, 5) is 13.7. The highest BCUT2D eigenvalue weighted by Gasteiger charge is 2.17. The van der Waals surface area contributed by atoms with Gasteiger partial charge in [-0.15, -0.1) is 0 Å². The van der Waals surface area contributed by atoms with Crippen LogP contribution in [0.3, 0.4) is 0 Å². The number of amides is 1. The van der Waals surface area contributed by atoms with E-state index in [-0.39, 0.29) is 5.91 Å². The van der Waals surface area contributed by atoms with Crippen molar-refractivity contribution in [3.8, 4) is 0 Å². The number of rotatable bonds is 4. The van der Waals surface area contributed by atoms with Gasteiger partial charge >= 0.3 is 0 Å². The van der Waals surface area contributed by atoms with Gasteiger partial charge in [0, 0.05) is 17.6 Å².